The van der Waals surface area contributed by atoms with E-state index in [1.54, 1.807) is 6.07 Å². The number of nitrogens with one attached hydrogen (secondary N) is 2. The second-order valence-corrected chi connectivity index (χ2v) is 7.47. The van der Waals surface area contributed by atoms with Crippen LogP contribution in [-0.4, -0.2) is 31.9 Å². The number of rotatable bonds is 6. The smallest absolute Gasteiger partial charge is 0.301 e. The molecule has 21 heavy (non-hydrogen) atoms. The van der Waals surface area contributed by atoms with Crippen molar-refractivity contribution in [2.75, 3.05) is 17.8 Å². The van der Waals surface area contributed by atoms with E-state index in [9.17, 15) is 8.42 Å². The highest BCUT2D eigenvalue weighted by molar-refractivity contribution is 7.90. The fourth-order valence-corrected chi connectivity index (χ4v) is 3.68. The van der Waals surface area contributed by atoms with Gasteiger partial charge in [-0.25, -0.2) is 0 Å². The monoisotopic (exact) mass is 311 g/mol. The van der Waals surface area contributed by atoms with Gasteiger partial charge in [0.05, 0.1) is 5.69 Å². The highest BCUT2D eigenvalue weighted by Gasteiger charge is 2.23. The molecule has 1 saturated heterocycles. The maximum atomic E-state index is 12.3. The first-order valence-electron chi connectivity index (χ1n) is 7.57. The van der Waals surface area contributed by atoms with E-state index < -0.39 is 10.2 Å². The Morgan fingerprint density at radius 3 is 2.57 bits per heavy atom. The van der Waals surface area contributed by atoms with Gasteiger partial charge in [0.2, 0.25) is 0 Å². The first-order chi connectivity index (χ1) is 9.97. The highest BCUT2D eigenvalue weighted by atomic mass is 32.2. The number of hydrogen-bond donors (Lipinski definition) is 2. The summed E-state index contributed by atoms with van der Waals surface area (Å²) in [6, 6.07) is 7.95. The maximum Gasteiger partial charge on any atom is 0.301 e. The van der Waals surface area contributed by atoms with Gasteiger partial charge in [-0.3, -0.25) is 4.72 Å². The third-order valence-electron chi connectivity index (χ3n) is 3.54. The Bertz CT molecular complexity index is 552. The van der Waals surface area contributed by atoms with E-state index in [4.69, 9.17) is 0 Å². The Morgan fingerprint density at radius 1 is 1.19 bits per heavy atom. The van der Waals surface area contributed by atoms with Gasteiger partial charge in [0.25, 0.3) is 0 Å². The van der Waals surface area contributed by atoms with Gasteiger partial charge in [-0.05, 0) is 30.5 Å². The molecule has 1 aliphatic heterocycles. The van der Waals surface area contributed by atoms with Crippen LogP contribution in [0.3, 0.4) is 0 Å². The van der Waals surface area contributed by atoms with Crippen LogP contribution in [0.15, 0.2) is 24.3 Å². The van der Waals surface area contributed by atoms with Crippen LogP contribution in [0.1, 0.15) is 38.7 Å². The standard InChI is InChI=1S/C15H25N3O2S/c1-13(2)16-12-14-7-6-8-15(11-14)17-21(19,20)18-9-4-3-5-10-18/h6-8,11,13,16-17H,3-5,9-10,12H2,1-2H3. The minimum atomic E-state index is -3.42. The molecular formula is C15H25N3O2S. The van der Waals surface area contributed by atoms with Crippen molar-refractivity contribution in [2.24, 2.45) is 0 Å². The van der Waals surface area contributed by atoms with Gasteiger partial charge in [0.1, 0.15) is 0 Å². The summed E-state index contributed by atoms with van der Waals surface area (Å²) in [7, 11) is -3.42. The van der Waals surface area contributed by atoms with Crippen molar-refractivity contribution < 1.29 is 8.42 Å². The van der Waals surface area contributed by atoms with Gasteiger partial charge in [-0.1, -0.05) is 32.4 Å². The Hall–Kier alpha value is -1.11. The lowest BCUT2D eigenvalue weighted by Crippen LogP contribution is -2.39. The summed E-state index contributed by atoms with van der Waals surface area (Å²) in [4.78, 5) is 0. The average molecular weight is 311 g/mol. The molecule has 6 heteroatoms. The first kappa shape index (κ1) is 16.3. The summed E-state index contributed by atoms with van der Waals surface area (Å²) >= 11 is 0. The van der Waals surface area contributed by atoms with Crippen molar-refractivity contribution in [1.82, 2.24) is 9.62 Å². The van der Waals surface area contributed by atoms with E-state index in [0.717, 1.165) is 31.4 Å². The molecular weight excluding hydrogens is 286 g/mol. The van der Waals surface area contributed by atoms with Crippen molar-refractivity contribution in [3.8, 4) is 0 Å². The summed E-state index contributed by atoms with van der Waals surface area (Å²) in [5.74, 6) is 0. The van der Waals surface area contributed by atoms with Gasteiger partial charge in [-0.2, -0.15) is 12.7 Å². The molecule has 1 aromatic rings. The van der Waals surface area contributed by atoms with Gasteiger partial charge >= 0.3 is 10.2 Å². The van der Waals surface area contributed by atoms with Gasteiger partial charge in [0.15, 0.2) is 0 Å². The molecule has 0 aromatic heterocycles. The fourth-order valence-electron chi connectivity index (χ4n) is 2.39. The first-order valence-corrected chi connectivity index (χ1v) is 9.01. The highest BCUT2D eigenvalue weighted by Crippen LogP contribution is 2.17. The van der Waals surface area contributed by atoms with Crippen molar-refractivity contribution >= 4 is 15.9 Å². The number of anilines is 1. The van der Waals surface area contributed by atoms with E-state index in [1.807, 2.05) is 18.2 Å². The Kier molecular flexibility index (Phi) is 5.61. The van der Waals surface area contributed by atoms with Crippen LogP contribution in [0.5, 0.6) is 0 Å². The molecule has 2 N–H and O–H groups in total. The minimum Gasteiger partial charge on any atom is -0.310 e. The largest absolute Gasteiger partial charge is 0.310 e. The molecule has 2 rings (SSSR count). The molecule has 1 aromatic carbocycles. The van der Waals surface area contributed by atoms with Crippen molar-refractivity contribution in [3.63, 3.8) is 0 Å². The molecule has 0 atom stereocenters. The van der Waals surface area contributed by atoms with Crippen LogP contribution < -0.4 is 10.0 Å². The van der Waals surface area contributed by atoms with Gasteiger partial charge < -0.3 is 5.32 Å². The van der Waals surface area contributed by atoms with Crippen molar-refractivity contribution in [1.29, 1.82) is 0 Å². The predicted octanol–water partition coefficient (Wildman–Crippen LogP) is 2.33. The third kappa shape index (κ3) is 4.98. The van der Waals surface area contributed by atoms with E-state index >= 15 is 0 Å². The fraction of sp³-hybridized carbons (Fsp3) is 0.600. The molecule has 0 amide bonds. The molecule has 0 spiro atoms. The van der Waals surface area contributed by atoms with Crippen molar-refractivity contribution in [3.05, 3.63) is 29.8 Å². The predicted molar refractivity (Wildman–Crippen MR) is 86.4 cm³/mol. The van der Waals surface area contributed by atoms with E-state index in [0.29, 0.717) is 24.8 Å². The van der Waals surface area contributed by atoms with Crippen LogP contribution in [0.2, 0.25) is 0 Å². The molecule has 118 valence electrons. The summed E-state index contributed by atoms with van der Waals surface area (Å²) < 4.78 is 28.9. The zero-order valence-corrected chi connectivity index (χ0v) is 13.6. The topological polar surface area (TPSA) is 61.4 Å². The van der Waals surface area contributed by atoms with Crippen LogP contribution in [0.4, 0.5) is 5.69 Å². The Balaban J connectivity index is 2.02. The van der Waals surface area contributed by atoms with Gasteiger partial charge in [0, 0.05) is 25.7 Å². The second-order valence-electron chi connectivity index (χ2n) is 5.80. The molecule has 0 aliphatic carbocycles. The molecule has 1 heterocycles. The SMILES string of the molecule is CC(C)NCc1cccc(NS(=O)(=O)N2CCCCC2)c1. The molecule has 1 aliphatic rings. The second kappa shape index (κ2) is 7.24. The molecule has 5 nitrogen and oxygen atoms in total. The number of hydrogen-bond acceptors (Lipinski definition) is 3. The van der Waals surface area contributed by atoms with Crippen LogP contribution in [0, 0.1) is 0 Å². The van der Waals surface area contributed by atoms with Crippen LogP contribution in [0.25, 0.3) is 0 Å². The maximum absolute atomic E-state index is 12.3. The lowest BCUT2D eigenvalue weighted by Gasteiger charge is -2.26. The average Bonchev–Trinajstić information content (AvgIpc) is 2.46. The van der Waals surface area contributed by atoms with Crippen molar-refractivity contribution in [2.45, 2.75) is 45.7 Å². The Morgan fingerprint density at radius 2 is 1.90 bits per heavy atom. The number of piperidine rings is 1. The zero-order valence-electron chi connectivity index (χ0n) is 12.8. The van der Waals surface area contributed by atoms with Gasteiger partial charge in [-0.15, -0.1) is 0 Å². The zero-order chi connectivity index (χ0) is 15.3. The molecule has 0 saturated carbocycles. The van der Waals surface area contributed by atoms with Crippen LogP contribution in [-0.2, 0) is 16.8 Å². The number of nitrogens with zero attached hydrogens (tertiary/aromatic N) is 1. The number of benzene rings is 1. The lowest BCUT2D eigenvalue weighted by molar-refractivity contribution is 0.349. The lowest BCUT2D eigenvalue weighted by atomic mass is 10.2. The molecule has 0 radical (unpaired) electrons. The third-order valence-corrected chi connectivity index (χ3v) is 5.08. The summed E-state index contributed by atoms with van der Waals surface area (Å²) in [6.45, 7) is 6.14. The normalized spacial score (nSPS) is 17.1. The summed E-state index contributed by atoms with van der Waals surface area (Å²) in [6.07, 6.45) is 3.00. The quantitative estimate of drug-likeness (QED) is 0.847. The molecule has 0 unspecified atom stereocenters. The van der Waals surface area contributed by atoms with E-state index in [2.05, 4.69) is 23.9 Å². The summed E-state index contributed by atoms with van der Waals surface area (Å²) in [5, 5.41) is 3.33. The molecule has 1 fully saturated rings. The van der Waals surface area contributed by atoms with E-state index in [1.165, 1.54) is 4.31 Å². The Labute approximate surface area is 127 Å². The van der Waals surface area contributed by atoms with Crippen LogP contribution >= 0.6 is 0 Å². The summed E-state index contributed by atoms with van der Waals surface area (Å²) in [5.41, 5.74) is 1.70. The molecule has 0 bridgehead atoms. The van der Waals surface area contributed by atoms with E-state index in [-0.39, 0.29) is 0 Å². The minimum absolute atomic E-state index is 0.402.